The van der Waals surface area contributed by atoms with Crippen molar-refractivity contribution in [1.82, 2.24) is 0 Å². The molecule has 0 atom stereocenters. The van der Waals surface area contributed by atoms with Gasteiger partial charge in [-0.1, -0.05) is 23.7 Å². The summed E-state index contributed by atoms with van der Waals surface area (Å²) < 4.78 is 0. The zero-order valence-electron chi connectivity index (χ0n) is 6.66. The molecule has 0 heterocycles. The van der Waals surface area contributed by atoms with E-state index in [1.54, 1.807) is 18.2 Å². The summed E-state index contributed by atoms with van der Waals surface area (Å²) in [6.07, 6.45) is 0.212. The molecule has 0 radical (unpaired) electrons. The van der Waals surface area contributed by atoms with Gasteiger partial charge < -0.3 is 0 Å². The van der Waals surface area contributed by atoms with Crippen molar-refractivity contribution in [3.05, 3.63) is 34.9 Å². The molecule has 1 aromatic carbocycles. The first kappa shape index (κ1) is 10.1. The highest BCUT2D eigenvalue weighted by Gasteiger charge is 2.00. The third-order valence-electron chi connectivity index (χ3n) is 1.41. The Kier molecular flexibility index (Phi) is 3.77. The van der Waals surface area contributed by atoms with Crippen LogP contribution in [-0.4, -0.2) is 11.1 Å². The van der Waals surface area contributed by atoms with E-state index >= 15 is 0 Å². The van der Waals surface area contributed by atoms with E-state index in [0.717, 1.165) is 5.56 Å². The quantitative estimate of drug-likeness (QED) is 0.556. The highest BCUT2D eigenvalue weighted by Crippen LogP contribution is 2.11. The Morgan fingerprint density at radius 1 is 1.62 bits per heavy atom. The van der Waals surface area contributed by atoms with Crippen LogP contribution in [0.2, 0.25) is 5.02 Å². The number of amides is 1. The molecule has 0 aliphatic carbocycles. The lowest BCUT2D eigenvalue weighted by molar-refractivity contribution is -0.117. The van der Waals surface area contributed by atoms with Crippen LogP contribution in [0, 0.1) is 0 Å². The minimum atomic E-state index is -0.308. The molecule has 0 spiro atoms. The molecule has 0 aliphatic rings. The Morgan fingerprint density at radius 2 is 2.38 bits per heavy atom. The number of rotatable bonds is 2. The number of halogens is 1. The van der Waals surface area contributed by atoms with Crippen LogP contribution in [0.15, 0.2) is 29.3 Å². The summed E-state index contributed by atoms with van der Waals surface area (Å²) in [5.41, 5.74) is 0.825. The number of nitrogens with zero attached hydrogens (tertiary/aromatic N) is 1. The molecule has 1 amide bonds. The Hall–Kier alpha value is -1.02. The van der Waals surface area contributed by atoms with E-state index in [-0.39, 0.29) is 12.3 Å². The lowest BCUT2D eigenvalue weighted by Gasteiger charge is -1.96. The van der Waals surface area contributed by atoms with E-state index in [0.29, 0.717) is 5.02 Å². The highest BCUT2D eigenvalue weighted by molar-refractivity contribution is 7.78. The molecule has 0 bridgehead atoms. The predicted molar refractivity (Wildman–Crippen MR) is 55.2 cm³/mol. The van der Waals surface area contributed by atoms with Gasteiger partial charge in [0.25, 0.3) is 5.91 Å². The minimum absolute atomic E-state index is 0.212. The minimum Gasteiger partial charge on any atom is -0.271 e. The number of hydrogen-bond donors (Lipinski definition) is 0. The summed E-state index contributed by atoms with van der Waals surface area (Å²) in [5.74, 6) is -0.308. The van der Waals surface area contributed by atoms with Gasteiger partial charge in [-0.05, 0) is 29.9 Å². The van der Waals surface area contributed by atoms with Crippen molar-refractivity contribution in [2.45, 2.75) is 6.42 Å². The van der Waals surface area contributed by atoms with Crippen LogP contribution < -0.4 is 0 Å². The molecule has 1 aromatic rings. The summed E-state index contributed by atoms with van der Waals surface area (Å²) in [6, 6.07) is 7.06. The summed E-state index contributed by atoms with van der Waals surface area (Å²) in [6.45, 7) is 0. The van der Waals surface area contributed by atoms with Crippen molar-refractivity contribution in [3.63, 3.8) is 0 Å². The van der Waals surface area contributed by atoms with Gasteiger partial charge in [0.2, 0.25) is 0 Å². The van der Waals surface area contributed by atoms with Gasteiger partial charge in [-0.2, -0.15) is 4.99 Å². The standard InChI is InChI=1S/C9H6ClNOS/c10-8-3-1-2-7(4-8)5-9(12)11-6-13/h1-4H,5H2. The molecule has 0 saturated heterocycles. The van der Waals surface area contributed by atoms with Crippen molar-refractivity contribution < 1.29 is 4.79 Å². The maximum absolute atomic E-state index is 11.0. The van der Waals surface area contributed by atoms with E-state index < -0.39 is 0 Å². The van der Waals surface area contributed by atoms with Crippen molar-refractivity contribution in [2.75, 3.05) is 0 Å². The van der Waals surface area contributed by atoms with Gasteiger partial charge in [-0.3, -0.25) is 4.79 Å². The second kappa shape index (κ2) is 4.87. The van der Waals surface area contributed by atoms with E-state index in [1.807, 2.05) is 11.2 Å². The largest absolute Gasteiger partial charge is 0.271 e. The SMILES string of the molecule is O=C(Cc1cccc(Cl)c1)N=C=S. The van der Waals surface area contributed by atoms with Crippen molar-refractivity contribution in [2.24, 2.45) is 4.99 Å². The maximum atomic E-state index is 11.0. The van der Waals surface area contributed by atoms with Gasteiger partial charge in [-0.15, -0.1) is 0 Å². The first-order chi connectivity index (χ1) is 6.22. The van der Waals surface area contributed by atoms with Gasteiger partial charge in [0.15, 0.2) is 0 Å². The summed E-state index contributed by atoms with van der Waals surface area (Å²) in [5, 5.41) is 2.64. The van der Waals surface area contributed by atoms with Crippen LogP contribution in [0.4, 0.5) is 0 Å². The number of carbonyl (C=O) groups is 1. The monoisotopic (exact) mass is 211 g/mol. The number of thiocarbonyl (C=S) groups is 1. The van der Waals surface area contributed by atoms with Crippen molar-refractivity contribution in [1.29, 1.82) is 0 Å². The molecule has 0 fully saturated rings. The van der Waals surface area contributed by atoms with Crippen LogP contribution in [-0.2, 0) is 11.2 Å². The highest BCUT2D eigenvalue weighted by atomic mass is 35.5. The third-order valence-corrected chi connectivity index (χ3v) is 1.74. The zero-order valence-corrected chi connectivity index (χ0v) is 8.23. The molecule has 4 heteroatoms. The predicted octanol–water partition coefficient (Wildman–Crippen LogP) is 2.51. The normalized spacial score (nSPS) is 9.00. The number of hydrogen-bond acceptors (Lipinski definition) is 2. The molecule has 66 valence electrons. The maximum Gasteiger partial charge on any atom is 0.258 e. The first-order valence-electron chi connectivity index (χ1n) is 3.57. The third kappa shape index (κ3) is 3.47. The second-order valence-corrected chi connectivity index (χ2v) is 3.02. The molecule has 0 aliphatic heterocycles. The molecule has 0 unspecified atom stereocenters. The van der Waals surface area contributed by atoms with E-state index in [1.165, 1.54) is 0 Å². The van der Waals surface area contributed by atoms with Crippen molar-refractivity contribution in [3.8, 4) is 0 Å². The molecule has 1 rings (SSSR count). The van der Waals surface area contributed by atoms with Crippen LogP contribution in [0.5, 0.6) is 0 Å². The second-order valence-electron chi connectivity index (χ2n) is 2.40. The van der Waals surface area contributed by atoms with Crippen LogP contribution in [0.1, 0.15) is 5.56 Å². The fourth-order valence-electron chi connectivity index (χ4n) is 0.912. The molecule has 0 N–H and O–H groups in total. The van der Waals surface area contributed by atoms with Gasteiger partial charge in [-0.25, -0.2) is 0 Å². The van der Waals surface area contributed by atoms with E-state index in [2.05, 4.69) is 17.2 Å². The van der Waals surface area contributed by atoms with Gasteiger partial charge >= 0.3 is 0 Å². The number of isothiocyanates is 1. The van der Waals surface area contributed by atoms with E-state index in [9.17, 15) is 4.79 Å². The smallest absolute Gasteiger partial charge is 0.258 e. The van der Waals surface area contributed by atoms with Crippen LogP contribution >= 0.6 is 23.8 Å². The molecular formula is C9H6ClNOS. The number of benzene rings is 1. The first-order valence-corrected chi connectivity index (χ1v) is 4.36. The van der Waals surface area contributed by atoms with Gasteiger partial charge in [0.05, 0.1) is 11.6 Å². The summed E-state index contributed by atoms with van der Waals surface area (Å²) in [4.78, 5) is 14.3. The molecule has 2 nitrogen and oxygen atoms in total. The molecule has 0 saturated carbocycles. The average molecular weight is 212 g/mol. The van der Waals surface area contributed by atoms with Gasteiger partial charge in [0.1, 0.15) is 0 Å². The average Bonchev–Trinajstić information content (AvgIpc) is 2.04. The Balaban J connectivity index is 2.74. The van der Waals surface area contributed by atoms with Crippen LogP contribution in [0.3, 0.4) is 0 Å². The molecule has 0 aromatic heterocycles. The zero-order chi connectivity index (χ0) is 9.68. The summed E-state index contributed by atoms with van der Waals surface area (Å²) in [7, 11) is 0. The topological polar surface area (TPSA) is 29.4 Å². The Labute approximate surface area is 86.2 Å². The number of aliphatic imine (C=N–C) groups is 1. The van der Waals surface area contributed by atoms with Crippen molar-refractivity contribution >= 4 is 34.9 Å². The van der Waals surface area contributed by atoms with E-state index in [4.69, 9.17) is 11.6 Å². The lowest BCUT2D eigenvalue weighted by atomic mass is 10.1. The Morgan fingerprint density at radius 3 is 3.00 bits per heavy atom. The van der Waals surface area contributed by atoms with Crippen LogP contribution in [0.25, 0.3) is 0 Å². The number of carbonyl (C=O) groups excluding carboxylic acids is 1. The summed E-state index contributed by atoms with van der Waals surface area (Å²) >= 11 is 10.0. The fourth-order valence-corrected chi connectivity index (χ4v) is 1.23. The molecular weight excluding hydrogens is 206 g/mol. The molecule has 13 heavy (non-hydrogen) atoms. The lowest BCUT2D eigenvalue weighted by Crippen LogP contribution is -1.97. The van der Waals surface area contributed by atoms with Gasteiger partial charge in [0, 0.05) is 5.02 Å². The fraction of sp³-hybridized carbons (Fsp3) is 0.111. The Bertz CT molecular complexity index is 372.